The number of ether oxygens (including phenoxy) is 2. The van der Waals surface area contributed by atoms with Crippen molar-refractivity contribution in [2.45, 2.75) is 51.2 Å². The van der Waals surface area contributed by atoms with E-state index in [1.807, 2.05) is 71.4 Å². The number of piperidine rings is 2. The molecule has 4 N–H and O–H groups in total. The smallest absolute Gasteiger partial charge is 0.410 e. The van der Waals surface area contributed by atoms with Crippen molar-refractivity contribution in [1.82, 2.24) is 59.1 Å². The first kappa shape index (κ1) is 43.0. The predicted octanol–water partition coefficient (Wildman–Crippen LogP) is 7.32. The van der Waals surface area contributed by atoms with Crippen LogP contribution in [0.2, 0.25) is 0 Å². The van der Waals surface area contributed by atoms with Crippen LogP contribution in [0.25, 0.3) is 39.0 Å². The van der Waals surface area contributed by atoms with Crippen molar-refractivity contribution in [2.24, 2.45) is 5.92 Å². The number of nitrogens with zero attached hydrogens (tertiary/aromatic N) is 12. The maximum absolute atomic E-state index is 14.0. The van der Waals surface area contributed by atoms with Crippen molar-refractivity contribution in [3.63, 3.8) is 0 Å². The molecule has 8 heterocycles. The molecule has 3 saturated heterocycles. The summed E-state index contributed by atoms with van der Waals surface area (Å²) in [6, 6.07) is 23.0. The first-order valence-electron chi connectivity index (χ1n) is 22.7. The average Bonchev–Trinajstić information content (AvgIpc) is 4.17. The number of fused-ring (bicyclic) bond motifs is 4. The Kier molecular flexibility index (Phi) is 11.3. The Bertz CT molecular complexity index is 3210. The zero-order chi connectivity index (χ0) is 46.5. The molecule has 3 aliphatic rings. The minimum atomic E-state index is -0.474. The molecule has 0 radical (unpaired) electrons. The number of carbonyl (C=O) groups is 2. The second-order valence-corrected chi connectivity index (χ2v) is 18.5. The molecule has 20 heteroatoms. The highest BCUT2D eigenvalue weighted by atomic mass is 79.9. The number of hydrogen-bond acceptors (Lipinski definition) is 14. The number of nitrogens with one attached hydrogen (secondary N) is 2. The van der Waals surface area contributed by atoms with Crippen molar-refractivity contribution in [2.75, 3.05) is 55.3 Å². The van der Waals surface area contributed by atoms with Gasteiger partial charge in [0.25, 0.3) is 5.91 Å². The van der Waals surface area contributed by atoms with E-state index < -0.39 is 6.09 Å². The normalized spacial score (nSPS) is 18.3. The molecule has 68 heavy (non-hydrogen) atoms. The van der Waals surface area contributed by atoms with E-state index in [1.165, 1.54) is 6.33 Å². The number of nitrogen functional groups attached to an aromatic ring is 1. The zero-order valence-electron chi connectivity index (χ0n) is 37.3. The molecule has 3 atom stereocenters. The number of likely N-dealkylation sites (tertiary alicyclic amines) is 2. The van der Waals surface area contributed by atoms with Gasteiger partial charge < -0.3 is 40.2 Å². The Morgan fingerprint density at radius 3 is 2.62 bits per heavy atom. The third kappa shape index (κ3) is 8.28. The van der Waals surface area contributed by atoms with Gasteiger partial charge in [0.15, 0.2) is 11.3 Å². The number of halogens is 1. The van der Waals surface area contributed by atoms with Gasteiger partial charge in [0.1, 0.15) is 41.8 Å². The second-order valence-electron chi connectivity index (χ2n) is 17.6. The molecule has 5 aromatic heterocycles. The summed E-state index contributed by atoms with van der Waals surface area (Å²) in [5, 5.41) is 13.6. The van der Waals surface area contributed by atoms with E-state index in [0.29, 0.717) is 85.1 Å². The number of aromatic amines is 1. The summed E-state index contributed by atoms with van der Waals surface area (Å²) in [6.45, 7) is 8.92. The van der Waals surface area contributed by atoms with Crippen LogP contribution in [0.3, 0.4) is 0 Å². The van der Waals surface area contributed by atoms with Crippen molar-refractivity contribution < 1.29 is 19.1 Å². The third-order valence-corrected chi connectivity index (χ3v) is 13.6. The standard InChI is InChI=1S/C48H48BrN15O4/c1-28-12-17-36-37(20-28)56-39(55-36)22-51-46-58-47(57-43-35(49)21-54-64(43)46)61-23-31-8-6-19-62(38(31)25-61)48(66)67-26-29(2)45(65)60-18-7-9-32(24-60)63-44-40(42(50)52-27-53-44)41(59-63)30-13-15-34(16-14-30)68-33-10-4-3-5-11-33/h3-5,10-17,20-21,27,31-32,38H,2,6-9,18-19,22-26H2,1H3,(H,55,56)(H2,50,52,53)(H,51,57,58)/t31-,32+,38+/m0/s1. The fraction of sp³-hybridized carbons (Fsp3) is 0.312. The highest BCUT2D eigenvalue weighted by Gasteiger charge is 2.43. The molecule has 3 aromatic carbocycles. The summed E-state index contributed by atoms with van der Waals surface area (Å²) in [6.07, 6.45) is 5.92. The van der Waals surface area contributed by atoms with Crippen LogP contribution in [-0.2, 0) is 16.1 Å². The van der Waals surface area contributed by atoms with Crippen LogP contribution >= 0.6 is 15.9 Å². The minimum absolute atomic E-state index is 0.126. The first-order valence-corrected chi connectivity index (χ1v) is 23.5. The van der Waals surface area contributed by atoms with Crippen LogP contribution in [0.1, 0.15) is 43.1 Å². The van der Waals surface area contributed by atoms with Gasteiger partial charge in [-0.25, -0.2) is 24.4 Å². The van der Waals surface area contributed by atoms with Crippen molar-refractivity contribution >= 4 is 73.4 Å². The Morgan fingerprint density at radius 1 is 0.941 bits per heavy atom. The van der Waals surface area contributed by atoms with E-state index in [9.17, 15) is 9.59 Å². The number of rotatable bonds is 11. The number of aryl methyl sites for hydroxylation is 1. The quantitative estimate of drug-likeness (QED) is 0.108. The molecule has 0 aliphatic carbocycles. The Labute approximate surface area is 398 Å². The largest absolute Gasteiger partial charge is 0.457 e. The molecule has 346 valence electrons. The second kappa shape index (κ2) is 17.9. The number of hydrogen-bond donors (Lipinski definition) is 3. The molecule has 2 amide bonds. The van der Waals surface area contributed by atoms with E-state index >= 15 is 0 Å². The highest BCUT2D eigenvalue weighted by molar-refractivity contribution is 9.10. The zero-order valence-corrected chi connectivity index (χ0v) is 38.8. The molecule has 3 fully saturated rings. The van der Waals surface area contributed by atoms with Gasteiger partial charge in [-0.15, -0.1) is 0 Å². The number of anilines is 3. The van der Waals surface area contributed by atoms with Crippen molar-refractivity contribution in [1.29, 1.82) is 0 Å². The fourth-order valence-electron chi connectivity index (χ4n) is 9.70. The van der Waals surface area contributed by atoms with Crippen molar-refractivity contribution in [3.8, 4) is 22.8 Å². The first-order chi connectivity index (χ1) is 33.1. The van der Waals surface area contributed by atoms with Gasteiger partial charge in [-0.1, -0.05) is 30.8 Å². The van der Waals surface area contributed by atoms with Crippen LogP contribution in [0, 0.1) is 12.8 Å². The Balaban J connectivity index is 0.734. The van der Waals surface area contributed by atoms with Gasteiger partial charge in [-0.2, -0.15) is 24.7 Å². The third-order valence-electron chi connectivity index (χ3n) is 13.0. The van der Waals surface area contributed by atoms with E-state index in [1.54, 1.807) is 20.5 Å². The molecule has 19 nitrogen and oxygen atoms in total. The lowest BCUT2D eigenvalue weighted by Gasteiger charge is -2.36. The van der Waals surface area contributed by atoms with Crippen molar-refractivity contribution in [3.05, 3.63) is 113 Å². The van der Waals surface area contributed by atoms with E-state index in [2.05, 4.69) is 65.8 Å². The maximum atomic E-state index is 14.0. The maximum Gasteiger partial charge on any atom is 0.410 e. The lowest BCUT2D eigenvalue weighted by Crippen LogP contribution is -2.49. The predicted molar refractivity (Wildman–Crippen MR) is 259 cm³/mol. The van der Waals surface area contributed by atoms with Gasteiger partial charge in [0.05, 0.1) is 45.7 Å². The highest BCUT2D eigenvalue weighted by Crippen LogP contribution is 2.37. The molecule has 0 unspecified atom stereocenters. The summed E-state index contributed by atoms with van der Waals surface area (Å²) in [5.41, 5.74) is 12.3. The van der Waals surface area contributed by atoms with Crippen LogP contribution in [0.4, 0.5) is 22.5 Å². The molecular formula is C48H48BrN15O4. The summed E-state index contributed by atoms with van der Waals surface area (Å²) in [4.78, 5) is 60.3. The van der Waals surface area contributed by atoms with Gasteiger partial charge in [-0.3, -0.25) is 4.79 Å². The van der Waals surface area contributed by atoms with E-state index in [-0.39, 0.29) is 36.1 Å². The summed E-state index contributed by atoms with van der Waals surface area (Å²) < 4.78 is 16.1. The Hall–Kier alpha value is -7.61. The number of para-hydroxylation sites is 1. The minimum Gasteiger partial charge on any atom is -0.457 e. The lowest BCUT2D eigenvalue weighted by molar-refractivity contribution is -0.129. The van der Waals surface area contributed by atoms with Gasteiger partial charge in [0.2, 0.25) is 11.9 Å². The number of amides is 2. The lowest BCUT2D eigenvalue weighted by atomic mass is 9.92. The molecule has 11 rings (SSSR count). The monoisotopic (exact) mass is 977 g/mol. The number of nitrogens with two attached hydrogens (primary N) is 1. The van der Waals surface area contributed by atoms with Crippen LogP contribution in [0.15, 0.2) is 102 Å². The number of aromatic nitrogens is 10. The van der Waals surface area contributed by atoms with E-state index in [4.69, 9.17) is 35.3 Å². The molecular weight excluding hydrogens is 931 g/mol. The molecule has 0 bridgehead atoms. The number of imidazole rings is 1. The fourth-order valence-corrected chi connectivity index (χ4v) is 10.1. The number of carbonyl (C=O) groups excluding carboxylic acids is 2. The van der Waals surface area contributed by atoms with E-state index in [0.717, 1.165) is 63.9 Å². The average molecular weight is 979 g/mol. The number of H-pyrrole nitrogens is 1. The Morgan fingerprint density at radius 2 is 1.76 bits per heavy atom. The molecule has 0 spiro atoms. The number of benzene rings is 3. The molecule has 0 saturated carbocycles. The molecule has 8 aromatic rings. The van der Waals surface area contributed by atoms with Gasteiger partial charge in [-0.05, 0) is 109 Å². The van der Waals surface area contributed by atoms with Crippen LogP contribution in [0.5, 0.6) is 11.5 Å². The summed E-state index contributed by atoms with van der Waals surface area (Å²) in [5.74, 6) is 3.46. The molecule has 3 aliphatic heterocycles. The summed E-state index contributed by atoms with van der Waals surface area (Å²) in [7, 11) is 0. The topological polar surface area (TPSA) is 216 Å². The van der Waals surface area contributed by atoms with Gasteiger partial charge >= 0.3 is 6.09 Å². The van der Waals surface area contributed by atoms with Gasteiger partial charge in [0, 0.05) is 43.9 Å². The SMILES string of the molecule is C=C(COC(=O)N1CCC[C@H]2CN(c3nc(NCc4nc5ccc(C)cc5[nH]4)n4ncc(Br)c4n3)C[C@H]21)C(=O)N1CCC[C@@H](n2nc(-c3ccc(Oc4ccccc4)cc3)c3c(N)ncnc32)C1. The van der Waals surface area contributed by atoms with Crippen LogP contribution in [-0.4, -0.2) is 116 Å². The summed E-state index contributed by atoms with van der Waals surface area (Å²) >= 11 is 3.61. The van der Waals surface area contributed by atoms with Crippen LogP contribution < -0.4 is 20.7 Å².